The lowest BCUT2D eigenvalue weighted by Gasteiger charge is -2.21. The van der Waals surface area contributed by atoms with Gasteiger partial charge in [0.2, 0.25) is 10.0 Å². The van der Waals surface area contributed by atoms with E-state index in [2.05, 4.69) is 10.4 Å². The zero-order valence-corrected chi connectivity index (χ0v) is 17.5. The molecular weight excluding hydrogens is 384 g/mol. The minimum Gasteiger partial charge on any atom is -0.321 e. The van der Waals surface area contributed by atoms with E-state index in [9.17, 15) is 13.2 Å². The summed E-state index contributed by atoms with van der Waals surface area (Å²) >= 11 is 1.37. The second-order valence-electron chi connectivity index (χ2n) is 6.63. The van der Waals surface area contributed by atoms with Gasteiger partial charge in [0.15, 0.2) is 0 Å². The third-order valence-electron chi connectivity index (χ3n) is 4.44. The van der Waals surface area contributed by atoms with E-state index >= 15 is 0 Å². The Morgan fingerprint density at radius 3 is 2.44 bits per heavy atom. The zero-order chi connectivity index (χ0) is 19.9. The summed E-state index contributed by atoms with van der Waals surface area (Å²) in [5.74, 6) is -0.231. The highest BCUT2D eigenvalue weighted by Gasteiger charge is 2.23. The minimum absolute atomic E-state index is 0.139. The van der Waals surface area contributed by atoms with Crippen LogP contribution in [0.15, 0.2) is 35.2 Å². The average molecular weight is 407 g/mol. The number of thiophene rings is 1. The third-order valence-corrected chi connectivity index (χ3v) is 7.68. The Morgan fingerprint density at radius 1 is 1.26 bits per heavy atom. The summed E-state index contributed by atoms with van der Waals surface area (Å²) in [5, 5.41) is 8.10. The van der Waals surface area contributed by atoms with Crippen molar-refractivity contribution >= 4 is 43.2 Å². The molecule has 0 spiro atoms. The van der Waals surface area contributed by atoms with E-state index in [0.717, 1.165) is 15.9 Å². The van der Waals surface area contributed by atoms with E-state index in [1.807, 2.05) is 33.9 Å². The van der Waals surface area contributed by atoms with Crippen LogP contribution in [0.5, 0.6) is 0 Å². The number of anilines is 1. The molecule has 0 aliphatic rings. The number of sulfonamides is 1. The Hall–Kier alpha value is -2.23. The van der Waals surface area contributed by atoms with Crippen molar-refractivity contribution in [2.75, 3.05) is 12.4 Å². The molecule has 0 aliphatic carbocycles. The topological polar surface area (TPSA) is 84.3 Å². The first-order valence-corrected chi connectivity index (χ1v) is 10.7. The second-order valence-corrected chi connectivity index (χ2v) is 9.66. The highest BCUT2D eigenvalue weighted by molar-refractivity contribution is 7.89. The van der Waals surface area contributed by atoms with Crippen LogP contribution in [0, 0.1) is 6.92 Å². The van der Waals surface area contributed by atoms with Gasteiger partial charge >= 0.3 is 0 Å². The molecule has 2 heterocycles. The molecule has 1 aromatic carbocycles. The molecule has 144 valence electrons. The van der Waals surface area contributed by atoms with Crippen molar-refractivity contribution in [3.63, 3.8) is 0 Å². The molecule has 7 nitrogen and oxygen atoms in total. The highest BCUT2D eigenvalue weighted by atomic mass is 32.2. The SMILES string of the molecule is Cc1nn(C)c2sc(C(=O)Nc3ccc(S(=O)(=O)N(C)C(C)C)cc3)cc12. The van der Waals surface area contributed by atoms with Crippen LogP contribution in [0.4, 0.5) is 5.69 Å². The Morgan fingerprint density at radius 2 is 1.89 bits per heavy atom. The molecule has 0 radical (unpaired) electrons. The maximum atomic E-state index is 12.5. The number of nitrogens with zero attached hydrogens (tertiary/aromatic N) is 3. The Bertz CT molecular complexity index is 1060. The number of aromatic nitrogens is 2. The number of benzene rings is 1. The van der Waals surface area contributed by atoms with Crippen LogP contribution < -0.4 is 5.32 Å². The molecule has 9 heteroatoms. The number of nitrogens with one attached hydrogen (secondary N) is 1. The fraction of sp³-hybridized carbons (Fsp3) is 0.333. The van der Waals surface area contributed by atoms with Gasteiger partial charge in [0, 0.05) is 31.2 Å². The van der Waals surface area contributed by atoms with E-state index in [1.54, 1.807) is 23.9 Å². The fourth-order valence-electron chi connectivity index (χ4n) is 2.66. The summed E-state index contributed by atoms with van der Waals surface area (Å²) in [4.78, 5) is 14.2. The van der Waals surface area contributed by atoms with Crippen LogP contribution in [-0.4, -0.2) is 41.5 Å². The van der Waals surface area contributed by atoms with Crippen LogP contribution >= 0.6 is 11.3 Å². The van der Waals surface area contributed by atoms with Gasteiger partial charge in [-0.15, -0.1) is 11.3 Å². The lowest BCUT2D eigenvalue weighted by Crippen LogP contribution is -2.33. The first-order chi connectivity index (χ1) is 12.6. The quantitative estimate of drug-likeness (QED) is 0.705. The normalized spacial score (nSPS) is 12.3. The molecule has 0 aliphatic heterocycles. The second kappa shape index (κ2) is 7.06. The maximum absolute atomic E-state index is 12.5. The molecule has 0 atom stereocenters. The minimum atomic E-state index is -3.54. The van der Waals surface area contributed by atoms with Crippen molar-refractivity contribution in [3.05, 3.63) is 40.9 Å². The predicted octanol–water partition coefficient (Wildman–Crippen LogP) is 3.22. The Labute approximate surface area is 162 Å². The number of hydrogen-bond donors (Lipinski definition) is 1. The molecule has 0 saturated carbocycles. The first kappa shape index (κ1) is 19.5. The summed E-state index contributed by atoms with van der Waals surface area (Å²) < 4.78 is 28.1. The molecule has 0 unspecified atom stereocenters. The van der Waals surface area contributed by atoms with E-state index in [4.69, 9.17) is 0 Å². The Balaban J connectivity index is 1.79. The third kappa shape index (κ3) is 3.62. The fourth-order valence-corrected chi connectivity index (χ4v) is 5.05. The number of aryl methyl sites for hydroxylation is 2. The Kier molecular flexibility index (Phi) is 5.11. The van der Waals surface area contributed by atoms with Crippen LogP contribution in [0.2, 0.25) is 0 Å². The van der Waals surface area contributed by atoms with Gasteiger partial charge in [-0.3, -0.25) is 9.48 Å². The molecule has 0 saturated heterocycles. The number of hydrogen-bond acceptors (Lipinski definition) is 5. The lowest BCUT2D eigenvalue weighted by atomic mass is 10.3. The van der Waals surface area contributed by atoms with Gasteiger partial charge in [-0.1, -0.05) is 0 Å². The number of rotatable bonds is 5. The molecule has 3 aromatic rings. The van der Waals surface area contributed by atoms with Crippen molar-refractivity contribution in [2.24, 2.45) is 7.05 Å². The molecule has 3 rings (SSSR count). The number of carbonyl (C=O) groups is 1. The van der Waals surface area contributed by atoms with Crippen molar-refractivity contribution in [3.8, 4) is 0 Å². The van der Waals surface area contributed by atoms with Crippen LogP contribution in [0.3, 0.4) is 0 Å². The van der Waals surface area contributed by atoms with Gasteiger partial charge in [-0.2, -0.15) is 9.40 Å². The van der Waals surface area contributed by atoms with E-state index in [-0.39, 0.29) is 16.8 Å². The number of amides is 1. The van der Waals surface area contributed by atoms with Gasteiger partial charge in [-0.05, 0) is 51.1 Å². The predicted molar refractivity (Wildman–Crippen MR) is 108 cm³/mol. The van der Waals surface area contributed by atoms with Crippen LogP contribution in [0.1, 0.15) is 29.2 Å². The first-order valence-electron chi connectivity index (χ1n) is 8.44. The van der Waals surface area contributed by atoms with E-state index in [1.165, 1.54) is 27.8 Å². The summed E-state index contributed by atoms with van der Waals surface area (Å²) in [6.45, 7) is 5.53. The van der Waals surface area contributed by atoms with Crippen molar-refractivity contribution in [2.45, 2.75) is 31.7 Å². The number of carbonyl (C=O) groups excluding carboxylic acids is 1. The van der Waals surface area contributed by atoms with Gasteiger partial charge in [-0.25, -0.2) is 8.42 Å². The lowest BCUT2D eigenvalue weighted by molar-refractivity contribution is 0.103. The van der Waals surface area contributed by atoms with Gasteiger partial charge in [0.25, 0.3) is 5.91 Å². The highest BCUT2D eigenvalue weighted by Crippen LogP contribution is 2.28. The summed E-state index contributed by atoms with van der Waals surface area (Å²) in [5.41, 5.74) is 1.42. The molecule has 2 aromatic heterocycles. The van der Waals surface area contributed by atoms with Crippen molar-refractivity contribution in [1.29, 1.82) is 0 Å². The standard InChI is InChI=1S/C18H22N4O3S2/c1-11(2)22(5)27(24,25)14-8-6-13(7-9-14)19-17(23)16-10-15-12(3)20-21(4)18(15)26-16/h6-11H,1-5H3,(H,19,23). The molecule has 0 fully saturated rings. The summed E-state index contributed by atoms with van der Waals surface area (Å²) in [6.07, 6.45) is 0. The smallest absolute Gasteiger partial charge is 0.265 e. The van der Waals surface area contributed by atoms with E-state index < -0.39 is 10.0 Å². The average Bonchev–Trinajstić information content (AvgIpc) is 3.16. The van der Waals surface area contributed by atoms with Crippen LogP contribution in [-0.2, 0) is 17.1 Å². The van der Waals surface area contributed by atoms with Crippen LogP contribution in [0.25, 0.3) is 10.2 Å². The van der Waals surface area contributed by atoms with Crippen molar-refractivity contribution < 1.29 is 13.2 Å². The molecule has 1 N–H and O–H groups in total. The summed E-state index contributed by atoms with van der Waals surface area (Å²) in [6, 6.07) is 7.89. The summed E-state index contributed by atoms with van der Waals surface area (Å²) in [7, 11) is -0.144. The largest absolute Gasteiger partial charge is 0.321 e. The van der Waals surface area contributed by atoms with E-state index in [0.29, 0.717) is 10.6 Å². The van der Waals surface area contributed by atoms with Gasteiger partial charge in [0.05, 0.1) is 15.5 Å². The molecule has 0 bridgehead atoms. The van der Waals surface area contributed by atoms with Crippen molar-refractivity contribution in [1.82, 2.24) is 14.1 Å². The van der Waals surface area contributed by atoms with Gasteiger partial charge in [0.1, 0.15) is 4.83 Å². The number of fused-ring (bicyclic) bond motifs is 1. The van der Waals surface area contributed by atoms with Gasteiger partial charge < -0.3 is 5.32 Å². The zero-order valence-electron chi connectivity index (χ0n) is 15.8. The molecule has 1 amide bonds. The maximum Gasteiger partial charge on any atom is 0.265 e. The monoisotopic (exact) mass is 406 g/mol. The molecule has 27 heavy (non-hydrogen) atoms. The molecular formula is C18H22N4O3S2.